The lowest BCUT2D eigenvalue weighted by Crippen LogP contribution is -2.23. The Morgan fingerprint density at radius 3 is 2.50 bits per heavy atom. The van der Waals surface area contributed by atoms with Gasteiger partial charge in [0.15, 0.2) is 17.1 Å². The second-order valence-corrected chi connectivity index (χ2v) is 6.50. The molecule has 0 radical (unpaired) electrons. The average molecular weight is 399 g/mol. The van der Waals surface area contributed by atoms with Gasteiger partial charge in [0.05, 0.1) is 25.3 Å². The molecule has 1 aromatic heterocycles. The molecule has 0 saturated carbocycles. The lowest BCUT2D eigenvalue weighted by molar-refractivity contribution is 0.0978. The number of nitrogens with one attached hydrogen (secondary N) is 1. The number of benzene rings is 2. The second-order valence-electron chi connectivity index (χ2n) is 6.07. The van der Waals surface area contributed by atoms with E-state index >= 15 is 0 Å². The molecule has 0 fully saturated rings. The van der Waals surface area contributed by atoms with Crippen molar-refractivity contribution in [3.63, 3.8) is 0 Å². The van der Waals surface area contributed by atoms with Crippen molar-refractivity contribution in [2.75, 3.05) is 26.1 Å². The molecule has 142 valence electrons. The zero-order chi connectivity index (χ0) is 19.8. The van der Waals surface area contributed by atoms with Crippen molar-refractivity contribution in [1.82, 2.24) is 4.98 Å². The van der Waals surface area contributed by atoms with Crippen LogP contribution in [0.5, 0.6) is 11.5 Å². The normalized spacial score (nSPS) is 13.3. The molecule has 0 saturated heterocycles. The number of anilines is 1. The van der Waals surface area contributed by atoms with E-state index in [-0.39, 0.29) is 40.8 Å². The molecule has 28 heavy (non-hydrogen) atoms. The van der Waals surface area contributed by atoms with Crippen LogP contribution in [0.4, 0.5) is 6.01 Å². The molecular formula is C20H15ClN2O5. The molecule has 0 atom stereocenters. The molecule has 0 spiro atoms. The van der Waals surface area contributed by atoms with Gasteiger partial charge in [-0.3, -0.25) is 9.59 Å². The Morgan fingerprint density at radius 1 is 1.07 bits per heavy atom. The van der Waals surface area contributed by atoms with Gasteiger partial charge in [-0.2, -0.15) is 4.98 Å². The molecule has 1 aliphatic rings. The van der Waals surface area contributed by atoms with Gasteiger partial charge < -0.3 is 19.2 Å². The van der Waals surface area contributed by atoms with Crippen molar-refractivity contribution >= 4 is 40.3 Å². The van der Waals surface area contributed by atoms with Gasteiger partial charge in [-0.25, -0.2) is 0 Å². The van der Waals surface area contributed by atoms with E-state index in [0.29, 0.717) is 27.6 Å². The van der Waals surface area contributed by atoms with Crippen molar-refractivity contribution in [2.24, 2.45) is 0 Å². The van der Waals surface area contributed by atoms with Gasteiger partial charge >= 0.3 is 0 Å². The van der Waals surface area contributed by atoms with E-state index in [1.807, 2.05) is 0 Å². The minimum atomic E-state index is -0.327. The predicted octanol–water partition coefficient (Wildman–Crippen LogP) is 3.92. The van der Waals surface area contributed by atoms with E-state index in [1.165, 1.54) is 20.3 Å². The third kappa shape index (κ3) is 2.99. The maximum atomic E-state index is 13.0. The van der Waals surface area contributed by atoms with Crippen LogP contribution in [0.1, 0.15) is 20.7 Å². The summed E-state index contributed by atoms with van der Waals surface area (Å²) in [4.78, 5) is 29.9. The van der Waals surface area contributed by atoms with E-state index in [9.17, 15) is 9.59 Å². The largest absolute Gasteiger partial charge is 0.496 e. The fourth-order valence-corrected chi connectivity index (χ4v) is 3.28. The number of ketones is 2. The maximum absolute atomic E-state index is 13.0. The molecule has 0 aliphatic heterocycles. The van der Waals surface area contributed by atoms with E-state index in [0.717, 1.165) is 0 Å². The first-order valence-corrected chi connectivity index (χ1v) is 8.74. The standard InChI is InChI=1S/C20H15ClN2O5/c1-26-15-5-6-16(27-2)18-17(15)13(24)7-10(19(18)25)9-22-20-23-12-8-11(21)3-4-14(12)28-20/h3-8H,9H2,1-2H3,(H,22,23). The summed E-state index contributed by atoms with van der Waals surface area (Å²) < 4.78 is 16.1. The fraction of sp³-hybridized carbons (Fsp3) is 0.150. The molecule has 3 aromatic rings. The van der Waals surface area contributed by atoms with E-state index < -0.39 is 0 Å². The zero-order valence-electron chi connectivity index (χ0n) is 15.0. The van der Waals surface area contributed by atoms with Crippen LogP contribution in [0.3, 0.4) is 0 Å². The summed E-state index contributed by atoms with van der Waals surface area (Å²) in [6.45, 7) is 0.0604. The second kappa shape index (κ2) is 7.01. The van der Waals surface area contributed by atoms with Crippen molar-refractivity contribution in [3.05, 3.63) is 58.1 Å². The van der Waals surface area contributed by atoms with E-state index in [4.69, 9.17) is 25.5 Å². The van der Waals surface area contributed by atoms with Crippen molar-refractivity contribution in [2.45, 2.75) is 0 Å². The number of hydrogen-bond acceptors (Lipinski definition) is 7. The number of halogens is 1. The Balaban J connectivity index is 1.63. The highest BCUT2D eigenvalue weighted by atomic mass is 35.5. The minimum Gasteiger partial charge on any atom is -0.496 e. The van der Waals surface area contributed by atoms with Crippen LogP contribution in [-0.2, 0) is 0 Å². The molecular weight excluding hydrogens is 384 g/mol. The summed E-state index contributed by atoms with van der Waals surface area (Å²) >= 11 is 5.95. The molecule has 0 amide bonds. The number of methoxy groups -OCH3 is 2. The van der Waals surface area contributed by atoms with Crippen LogP contribution in [0.2, 0.25) is 5.02 Å². The number of oxazole rings is 1. The number of ether oxygens (including phenoxy) is 2. The lowest BCUT2D eigenvalue weighted by Gasteiger charge is -2.19. The van der Waals surface area contributed by atoms with Crippen LogP contribution in [0.15, 0.2) is 46.4 Å². The Kier molecular flexibility index (Phi) is 4.52. The number of aromatic nitrogens is 1. The SMILES string of the molecule is COc1ccc(OC)c2c1C(=O)C=C(CNc1nc3cc(Cl)ccc3o1)C2=O. The first-order chi connectivity index (χ1) is 13.5. The quantitative estimate of drug-likeness (QED) is 0.696. The van der Waals surface area contributed by atoms with Crippen LogP contribution in [-0.4, -0.2) is 37.3 Å². The Hall–Kier alpha value is -3.32. The van der Waals surface area contributed by atoms with Gasteiger partial charge in [0, 0.05) is 17.1 Å². The molecule has 2 aromatic carbocycles. The molecule has 7 nitrogen and oxygen atoms in total. The smallest absolute Gasteiger partial charge is 0.295 e. The van der Waals surface area contributed by atoms with Gasteiger partial charge in [0.1, 0.15) is 17.0 Å². The highest BCUT2D eigenvalue weighted by Crippen LogP contribution is 2.36. The summed E-state index contributed by atoms with van der Waals surface area (Å²) in [5.41, 5.74) is 1.81. The number of carbonyl (C=O) groups is 2. The van der Waals surface area contributed by atoms with Gasteiger partial charge in [0.2, 0.25) is 0 Å². The van der Waals surface area contributed by atoms with Gasteiger partial charge in [0.25, 0.3) is 6.01 Å². The maximum Gasteiger partial charge on any atom is 0.295 e. The number of Topliss-reactive ketones (excluding diaryl/α,β-unsaturated/α-hetero) is 1. The van der Waals surface area contributed by atoms with Crippen molar-refractivity contribution in [1.29, 1.82) is 0 Å². The fourth-order valence-electron chi connectivity index (χ4n) is 3.11. The number of carbonyl (C=O) groups excluding carboxylic acids is 2. The minimum absolute atomic E-state index is 0.0604. The molecule has 8 heteroatoms. The van der Waals surface area contributed by atoms with Gasteiger partial charge in [-0.1, -0.05) is 11.6 Å². The Bertz CT molecular complexity index is 1150. The molecule has 0 unspecified atom stereocenters. The van der Waals surface area contributed by atoms with Crippen LogP contribution in [0, 0.1) is 0 Å². The first kappa shape index (κ1) is 18.1. The summed E-state index contributed by atoms with van der Waals surface area (Å²) in [5, 5.41) is 3.48. The molecule has 1 aliphatic carbocycles. The number of allylic oxidation sites excluding steroid dienone is 1. The lowest BCUT2D eigenvalue weighted by atomic mass is 9.88. The Labute approximate surface area is 164 Å². The highest BCUT2D eigenvalue weighted by molar-refractivity contribution is 6.31. The zero-order valence-corrected chi connectivity index (χ0v) is 15.8. The van der Waals surface area contributed by atoms with E-state index in [1.54, 1.807) is 30.3 Å². The highest BCUT2D eigenvalue weighted by Gasteiger charge is 2.31. The summed E-state index contributed by atoms with van der Waals surface area (Å²) in [5.74, 6) is -0.00649. The molecule has 4 rings (SSSR count). The monoisotopic (exact) mass is 398 g/mol. The van der Waals surface area contributed by atoms with Crippen molar-refractivity contribution < 1.29 is 23.5 Å². The number of hydrogen-bond donors (Lipinski definition) is 1. The Morgan fingerprint density at radius 2 is 1.79 bits per heavy atom. The average Bonchev–Trinajstić information content (AvgIpc) is 3.10. The van der Waals surface area contributed by atoms with Crippen molar-refractivity contribution in [3.8, 4) is 11.5 Å². The molecule has 1 heterocycles. The van der Waals surface area contributed by atoms with Crippen LogP contribution >= 0.6 is 11.6 Å². The number of fused-ring (bicyclic) bond motifs is 2. The first-order valence-electron chi connectivity index (χ1n) is 8.36. The summed E-state index contributed by atoms with van der Waals surface area (Å²) in [6, 6.07) is 8.50. The van der Waals surface area contributed by atoms with Gasteiger partial charge in [-0.15, -0.1) is 0 Å². The number of rotatable bonds is 5. The van der Waals surface area contributed by atoms with E-state index in [2.05, 4.69) is 10.3 Å². The summed E-state index contributed by atoms with van der Waals surface area (Å²) in [7, 11) is 2.89. The van der Waals surface area contributed by atoms with Crippen LogP contribution in [0.25, 0.3) is 11.1 Å². The number of nitrogens with zero attached hydrogens (tertiary/aromatic N) is 1. The molecule has 0 bridgehead atoms. The predicted molar refractivity (Wildman–Crippen MR) is 104 cm³/mol. The van der Waals surface area contributed by atoms with Crippen LogP contribution < -0.4 is 14.8 Å². The molecule has 1 N–H and O–H groups in total. The van der Waals surface area contributed by atoms with Gasteiger partial charge in [-0.05, 0) is 36.4 Å². The topological polar surface area (TPSA) is 90.7 Å². The third-order valence-electron chi connectivity index (χ3n) is 4.42. The summed E-state index contributed by atoms with van der Waals surface area (Å²) in [6.07, 6.45) is 1.29. The third-order valence-corrected chi connectivity index (χ3v) is 4.65.